The van der Waals surface area contributed by atoms with Crippen LogP contribution in [0.15, 0.2) is 48.5 Å². The minimum Gasteiger partial charge on any atom is -0.480 e. The van der Waals surface area contributed by atoms with E-state index in [1.54, 1.807) is 6.92 Å². The van der Waals surface area contributed by atoms with E-state index in [-0.39, 0.29) is 31.6 Å². The largest absolute Gasteiger partial charge is 0.480 e. The van der Waals surface area contributed by atoms with Gasteiger partial charge in [0.25, 0.3) is 0 Å². The van der Waals surface area contributed by atoms with Crippen molar-refractivity contribution in [3.63, 3.8) is 0 Å². The number of aliphatic carboxylic acids is 1. The Morgan fingerprint density at radius 3 is 2.26 bits per heavy atom. The molecular formula is C27H32N2O6. The fourth-order valence-corrected chi connectivity index (χ4v) is 5.08. The maximum Gasteiger partial charge on any atom is 0.407 e. The summed E-state index contributed by atoms with van der Waals surface area (Å²) in [5.74, 6) is -1.56. The summed E-state index contributed by atoms with van der Waals surface area (Å²) in [5, 5.41) is 12.4. The summed E-state index contributed by atoms with van der Waals surface area (Å²) in [6, 6.07) is 14.1. The average molecular weight is 481 g/mol. The lowest BCUT2D eigenvalue weighted by Gasteiger charge is -2.39. The maximum atomic E-state index is 13.4. The number of carboxylic acids is 1. The second-order valence-corrected chi connectivity index (χ2v) is 9.54. The number of morpholine rings is 1. The minimum absolute atomic E-state index is 0.0936. The quantitative estimate of drug-likeness (QED) is 0.627. The number of fused-ring (bicyclic) bond motifs is 3. The number of rotatable bonds is 7. The molecule has 2 aromatic rings. The molecule has 186 valence electrons. The van der Waals surface area contributed by atoms with Crippen LogP contribution in [0.2, 0.25) is 0 Å². The highest BCUT2D eigenvalue weighted by molar-refractivity contribution is 5.90. The highest BCUT2D eigenvalue weighted by Gasteiger charge is 2.41. The van der Waals surface area contributed by atoms with Crippen molar-refractivity contribution >= 4 is 18.0 Å². The molecule has 2 aliphatic rings. The van der Waals surface area contributed by atoms with Gasteiger partial charge in [-0.25, -0.2) is 9.59 Å². The number of nitrogens with zero attached hydrogens (tertiary/aromatic N) is 1. The minimum atomic E-state index is -1.13. The SMILES string of the molecule is CC(C)C[C@H](NC(=O)OCC1c2ccccc2-c2ccccc21)C(=O)N1CCOC(C)C1C(=O)O. The van der Waals surface area contributed by atoms with Gasteiger partial charge in [-0.3, -0.25) is 4.79 Å². The van der Waals surface area contributed by atoms with Gasteiger partial charge in [0.2, 0.25) is 5.91 Å². The van der Waals surface area contributed by atoms with Crippen molar-refractivity contribution in [2.24, 2.45) is 5.92 Å². The van der Waals surface area contributed by atoms with Crippen LogP contribution in [0.5, 0.6) is 0 Å². The van der Waals surface area contributed by atoms with E-state index in [0.717, 1.165) is 22.3 Å². The Balaban J connectivity index is 1.46. The van der Waals surface area contributed by atoms with E-state index in [0.29, 0.717) is 6.42 Å². The van der Waals surface area contributed by atoms with Crippen LogP contribution in [0, 0.1) is 5.92 Å². The summed E-state index contributed by atoms with van der Waals surface area (Å²) in [6.45, 7) is 6.05. The maximum absolute atomic E-state index is 13.4. The summed E-state index contributed by atoms with van der Waals surface area (Å²) in [6.07, 6.45) is -0.973. The average Bonchev–Trinajstić information content (AvgIpc) is 3.15. The normalized spacial score (nSPS) is 20.2. The zero-order valence-corrected chi connectivity index (χ0v) is 20.3. The molecule has 1 aliphatic carbocycles. The smallest absolute Gasteiger partial charge is 0.407 e. The number of carbonyl (C=O) groups excluding carboxylic acids is 2. The van der Waals surface area contributed by atoms with Gasteiger partial charge >= 0.3 is 12.1 Å². The van der Waals surface area contributed by atoms with Crippen molar-refractivity contribution in [3.05, 3.63) is 59.7 Å². The Hall–Kier alpha value is -3.39. The van der Waals surface area contributed by atoms with Gasteiger partial charge in [0.05, 0.1) is 12.7 Å². The third kappa shape index (κ3) is 5.17. The first kappa shape index (κ1) is 24.7. The molecule has 2 N–H and O–H groups in total. The first-order valence-corrected chi connectivity index (χ1v) is 12.0. The summed E-state index contributed by atoms with van der Waals surface area (Å²) < 4.78 is 11.1. The molecule has 2 unspecified atom stereocenters. The van der Waals surface area contributed by atoms with Crippen LogP contribution in [0.1, 0.15) is 44.2 Å². The number of benzene rings is 2. The van der Waals surface area contributed by atoms with Gasteiger partial charge in [-0.2, -0.15) is 0 Å². The fourth-order valence-electron chi connectivity index (χ4n) is 5.08. The predicted octanol–water partition coefficient (Wildman–Crippen LogP) is 3.64. The molecule has 0 spiro atoms. The monoisotopic (exact) mass is 480 g/mol. The number of hydrogen-bond acceptors (Lipinski definition) is 5. The van der Waals surface area contributed by atoms with Gasteiger partial charge in [-0.1, -0.05) is 62.4 Å². The number of carboxylic acid groups (broad SMARTS) is 1. The molecule has 0 bridgehead atoms. The van der Waals surface area contributed by atoms with Crippen molar-refractivity contribution in [2.75, 3.05) is 19.8 Å². The Kier molecular flexibility index (Phi) is 7.40. The molecule has 35 heavy (non-hydrogen) atoms. The third-order valence-corrected chi connectivity index (χ3v) is 6.67. The number of ether oxygens (including phenoxy) is 2. The number of nitrogens with one attached hydrogen (secondary N) is 1. The first-order valence-electron chi connectivity index (χ1n) is 12.0. The molecule has 0 radical (unpaired) electrons. The lowest BCUT2D eigenvalue weighted by Crippen LogP contribution is -2.61. The van der Waals surface area contributed by atoms with Crippen LogP contribution in [-0.2, 0) is 19.1 Å². The summed E-state index contributed by atoms with van der Waals surface area (Å²) >= 11 is 0. The molecule has 1 saturated heterocycles. The predicted molar refractivity (Wildman–Crippen MR) is 130 cm³/mol. The van der Waals surface area contributed by atoms with E-state index in [2.05, 4.69) is 17.4 Å². The molecule has 4 rings (SSSR count). The van der Waals surface area contributed by atoms with Crippen LogP contribution >= 0.6 is 0 Å². The first-order chi connectivity index (χ1) is 16.8. The molecule has 1 aliphatic heterocycles. The summed E-state index contributed by atoms with van der Waals surface area (Å²) in [4.78, 5) is 39.3. The Bertz CT molecular complexity index is 1060. The molecule has 2 amide bonds. The lowest BCUT2D eigenvalue weighted by atomic mass is 9.98. The Morgan fingerprint density at radius 2 is 1.69 bits per heavy atom. The van der Waals surface area contributed by atoms with Crippen molar-refractivity contribution in [2.45, 2.75) is 51.3 Å². The van der Waals surface area contributed by atoms with Crippen LogP contribution in [0.25, 0.3) is 11.1 Å². The second-order valence-electron chi connectivity index (χ2n) is 9.54. The van der Waals surface area contributed by atoms with Gasteiger partial charge in [-0.05, 0) is 41.5 Å². The van der Waals surface area contributed by atoms with Crippen LogP contribution in [-0.4, -0.2) is 65.9 Å². The highest BCUT2D eigenvalue weighted by atomic mass is 16.5. The highest BCUT2D eigenvalue weighted by Crippen LogP contribution is 2.44. The van der Waals surface area contributed by atoms with Gasteiger partial charge in [-0.15, -0.1) is 0 Å². The Morgan fingerprint density at radius 1 is 1.09 bits per heavy atom. The molecule has 0 aromatic heterocycles. The molecule has 2 aromatic carbocycles. The topological polar surface area (TPSA) is 105 Å². The van der Waals surface area contributed by atoms with Crippen LogP contribution in [0.3, 0.4) is 0 Å². The van der Waals surface area contributed by atoms with E-state index < -0.39 is 36.2 Å². The molecule has 3 atom stereocenters. The fraction of sp³-hybridized carbons (Fsp3) is 0.444. The second kappa shape index (κ2) is 10.5. The van der Waals surface area contributed by atoms with Gasteiger partial charge in [0, 0.05) is 12.5 Å². The molecule has 8 nitrogen and oxygen atoms in total. The molecule has 0 saturated carbocycles. The Labute approximate surface area is 205 Å². The van der Waals surface area contributed by atoms with Gasteiger partial charge in [0.1, 0.15) is 12.6 Å². The number of hydrogen-bond donors (Lipinski definition) is 2. The standard InChI is InChI=1S/C27H32N2O6/c1-16(2)14-23(25(30)29-12-13-34-17(3)24(29)26(31)32)28-27(33)35-15-22-20-10-6-4-8-18(20)19-9-5-7-11-21(19)22/h4-11,16-17,22-24H,12-15H2,1-3H3,(H,28,33)(H,31,32)/t17?,23-,24?/m0/s1. The summed E-state index contributed by atoms with van der Waals surface area (Å²) in [7, 11) is 0. The molecule has 1 fully saturated rings. The van der Waals surface area contributed by atoms with Crippen molar-refractivity contribution in [3.8, 4) is 11.1 Å². The number of carbonyl (C=O) groups is 3. The zero-order chi connectivity index (χ0) is 25.1. The number of amides is 2. The lowest BCUT2D eigenvalue weighted by molar-refractivity contribution is -0.165. The van der Waals surface area contributed by atoms with E-state index >= 15 is 0 Å². The van der Waals surface area contributed by atoms with Crippen LogP contribution < -0.4 is 5.32 Å². The number of alkyl carbamates (subject to hydrolysis) is 1. The van der Waals surface area contributed by atoms with Crippen molar-refractivity contribution in [1.82, 2.24) is 10.2 Å². The van der Waals surface area contributed by atoms with E-state index in [1.807, 2.05) is 50.2 Å². The van der Waals surface area contributed by atoms with Gasteiger partial charge in [0.15, 0.2) is 6.04 Å². The molecule has 1 heterocycles. The summed E-state index contributed by atoms with van der Waals surface area (Å²) in [5.41, 5.74) is 4.46. The third-order valence-electron chi connectivity index (χ3n) is 6.67. The van der Waals surface area contributed by atoms with Crippen molar-refractivity contribution in [1.29, 1.82) is 0 Å². The van der Waals surface area contributed by atoms with E-state index in [4.69, 9.17) is 9.47 Å². The molecule has 8 heteroatoms. The van der Waals surface area contributed by atoms with E-state index in [1.165, 1.54) is 4.90 Å². The van der Waals surface area contributed by atoms with Crippen molar-refractivity contribution < 1.29 is 29.0 Å². The van der Waals surface area contributed by atoms with Crippen LogP contribution in [0.4, 0.5) is 4.79 Å². The molecular weight excluding hydrogens is 448 g/mol. The van der Waals surface area contributed by atoms with E-state index in [9.17, 15) is 19.5 Å². The van der Waals surface area contributed by atoms with Gasteiger partial charge < -0.3 is 24.8 Å². The zero-order valence-electron chi connectivity index (χ0n) is 20.3.